The molecule has 0 amide bonds. The Bertz CT molecular complexity index is 429. The SMILES string of the molecule is CC(O)(CCCC(F)(F)F)Cc1ccc(Cl)c(F)c1. The number of benzene rings is 1. The third kappa shape index (κ3) is 6.25. The van der Waals surface area contributed by atoms with Crippen molar-refractivity contribution in [2.24, 2.45) is 0 Å². The summed E-state index contributed by atoms with van der Waals surface area (Å²) < 4.78 is 49.2. The maximum absolute atomic E-state index is 13.2. The van der Waals surface area contributed by atoms with Gasteiger partial charge < -0.3 is 5.11 Å². The highest BCUT2D eigenvalue weighted by molar-refractivity contribution is 6.30. The van der Waals surface area contributed by atoms with Gasteiger partial charge >= 0.3 is 6.18 Å². The zero-order valence-electron chi connectivity index (χ0n) is 10.4. The summed E-state index contributed by atoms with van der Waals surface area (Å²) in [6.45, 7) is 1.44. The molecule has 6 heteroatoms. The molecule has 0 fully saturated rings. The van der Waals surface area contributed by atoms with Crippen molar-refractivity contribution in [2.45, 2.75) is 44.4 Å². The fraction of sp³-hybridized carbons (Fsp3) is 0.538. The molecule has 0 radical (unpaired) electrons. The Kier molecular flexibility index (Phi) is 5.21. The van der Waals surface area contributed by atoms with Gasteiger partial charge in [-0.2, -0.15) is 13.2 Å². The summed E-state index contributed by atoms with van der Waals surface area (Å²) in [5.74, 6) is -0.606. The van der Waals surface area contributed by atoms with Crippen LogP contribution < -0.4 is 0 Å². The summed E-state index contributed by atoms with van der Waals surface area (Å²) >= 11 is 5.52. The summed E-state index contributed by atoms with van der Waals surface area (Å²) in [6.07, 6.45) is -5.23. The molecule has 0 aliphatic heterocycles. The number of hydrogen-bond donors (Lipinski definition) is 1. The molecule has 0 saturated carbocycles. The van der Waals surface area contributed by atoms with Crippen LogP contribution in [0.5, 0.6) is 0 Å². The standard InChI is InChI=1S/C13H15ClF4O/c1-12(19,5-2-6-13(16,17)18)8-9-3-4-10(14)11(15)7-9/h3-4,7,19H,2,5-6,8H2,1H3. The second-order valence-corrected chi connectivity index (χ2v) is 5.30. The van der Waals surface area contributed by atoms with E-state index in [1.807, 2.05) is 0 Å². The summed E-state index contributed by atoms with van der Waals surface area (Å²) in [5, 5.41) is 9.97. The lowest BCUT2D eigenvalue weighted by Crippen LogP contribution is -2.27. The van der Waals surface area contributed by atoms with E-state index in [1.165, 1.54) is 19.1 Å². The minimum absolute atomic E-state index is 0.00322. The van der Waals surface area contributed by atoms with Crippen molar-refractivity contribution in [2.75, 3.05) is 0 Å². The van der Waals surface area contributed by atoms with E-state index in [4.69, 9.17) is 11.6 Å². The first-order chi connectivity index (χ1) is 8.59. The van der Waals surface area contributed by atoms with Crippen LogP contribution in [0.3, 0.4) is 0 Å². The van der Waals surface area contributed by atoms with Crippen molar-refractivity contribution in [1.82, 2.24) is 0 Å². The average Bonchev–Trinajstić information content (AvgIpc) is 2.20. The summed E-state index contributed by atoms with van der Waals surface area (Å²) in [5.41, 5.74) is -0.801. The molecule has 1 rings (SSSR count). The Morgan fingerprint density at radius 3 is 2.37 bits per heavy atom. The van der Waals surface area contributed by atoms with Gasteiger partial charge in [-0.25, -0.2) is 4.39 Å². The summed E-state index contributed by atoms with van der Waals surface area (Å²) in [7, 11) is 0. The Labute approximate surface area is 114 Å². The second-order valence-electron chi connectivity index (χ2n) is 4.89. The number of alkyl halides is 3. The lowest BCUT2D eigenvalue weighted by Gasteiger charge is -2.23. The highest BCUT2D eigenvalue weighted by atomic mass is 35.5. The van der Waals surface area contributed by atoms with Crippen LogP contribution in [-0.2, 0) is 6.42 Å². The summed E-state index contributed by atoms with van der Waals surface area (Å²) in [6, 6.07) is 4.09. The molecule has 0 aromatic heterocycles. The topological polar surface area (TPSA) is 20.2 Å². The largest absolute Gasteiger partial charge is 0.390 e. The number of rotatable bonds is 5. The van der Waals surface area contributed by atoms with Crippen molar-refractivity contribution in [3.05, 3.63) is 34.6 Å². The van der Waals surface area contributed by atoms with Crippen LogP contribution in [0.1, 0.15) is 31.7 Å². The third-order valence-electron chi connectivity index (χ3n) is 2.74. The minimum atomic E-state index is -4.22. The van der Waals surface area contributed by atoms with Gasteiger partial charge in [0.2, 0.25) is 0 Å². The molecule has 0 spiro atoms. The molecule has 19 heavy (non-hydrogen) atoms. The molecular weight excluding hydrogens is 284 g/mol. The molecule has 0 aliphatic rings. The van der Waals surface area contributed by atoms with Crippen molar-refractivity contribution in [3.63, 3.8) is 0 Å². The maximum atomic E-state index is 13.2. The Morgan fingerprint density at radius 1 is 1.21 bits per heavy atom. The predicted molar refractivity (Wildman–Crippen MR) is 65.6 cm³/mol. The van der Waals surface area contributed by atoms with Crippen LogP contribution >= 0.6 is 11.6 Å². The number of halogens is 5. The molecule has 0 heterocycles. The molecular formula is C13H15ClF4O. The first-order valence-corrected chi connectivity index (χ1v) is 6.20. The molecule has 1 unspecified atom stereocenters. The molecule has 1 atom stereocenters. The smallest absolute Gasteiger partial charge is 0.389 e. The van der Waals surface area contributed by atoms with Gasteiger partial charge in [0.1, 0.15) is 5.82 Å². The van der Waals surface area contributed by atoms with Crippen LogP contribution in [0, 0.1) is 5.82 Å². The predicted octanol–water partition coefficient (Wildman–Crippen LogP) is 4.51. The Balaban J connectivity index is 2.56. The van der Waals surface area contributed by atoms with Crippen molar-refractivity contribution in [1.29, 1.82) is 0 Å². The van der Waals surface area contributed by atoms with Gasteiger partial charge in [0.05, 0.1) is 10.6 Å². The van der Waals surface area contributed by atoms with E-state index in [0.29, 0.717) is 5.56 Å². The quantitative estimate of drug-likeness (QED) is 0.793. The maximum Gasteiger partial charge on any atom is 0.389 e. The van der Waals surface area contributed by atoms with E-state index in [-0.39, 0.29) is 24.3 Å². The van der Waals surface area contributed by atoms with Crippen LogP contribution in [-0.4, -0.2) is 16.9 Å². The monoisotopic (exact) mass is 298 g/mol. The molecule has 108 valence electrons. The van der Waals surface area contributed by atoms with Crippen LogP contribution in [0.2, 0.25) is 5.02 Å². The van der Waals surface area contributed by atoms with Crippen LogP contribution in [0.15, 0.2) is 18.2 Å². The van der Waals surface area contributed by atoms with Gasteiger partial charge in [-0.15, -0.1) is 0 Å². The van der Waals surface area contributed by atoms with Gasteiger partial charge in [-0.1, -0.05) is 17.7 Å². The lowest BCUT2D eigenvalue weighted by atomic mass is 9.91. The fourth-order valence-corrected chi connectivity index (χ4v) is 1.96. The van der Waals surface area contributed by atoms with E-state index >= 15 is 0 Å². The van der Waals surface area contributed by atoms with Gasteiger partial charge in [0, 0.05) is 12.8 Å². The van der Waals surface area contributed by atoms with Gasteiger partial charge in [0.25, 0.3) is 0 Å². The second kappa shape index (κ2) is 6.09. The third-order valence-corrected chi connectivity index (χ3v) is 3.05. The average molecular weight is 299 g/mol. The normalized spacial score (nSPS) is 15.3. The zero-order chi connectivity index (χ0) is 14.7. The van der Waals surface area contributed by atoms with Gasteiger partial charge in [0.15, 0.2) is 0 Å². The number of hydrogen-bond acceptors (Lipinski definition) is 1. The molecule has 1 aromatic carbocycles. The van der Waals surface area contributed by atoms with Gasteiger partial charge in [-0.05, 0) is 37.5 Å². The van der Waals surface area contributed by atoms with Crippen molar-refractivity contribution < 1.29 is 22.7 Å². The highest BCUT2D eigenvalue weighted by Gasteiger charge is 2.29. The zero-order valence-corrected chi connectivity index (χ0v) is 11.2. The minimum Gasteiger partial charge on any atom is -0.390 e. The first kappa shape index (κ1) is 16.2. The molecule has 1 nitrogen and oxygen atoms in total. The van der Waals surface area contributed by atoms with E-state index in [1.54, 1.807) is 6.07 Å². The molecule has 0 saturated heterocycles. The summed E-state index contributed by atoms with van der Waals surface area (Å²) in [4.78, 5) is 0. The molecule has 0 bridgehead atoms. The van der Waals surface area contributed by atoms with Crippen molar-refractivity contribution in [3.8, 4) is 0 Å². The molecule has 1 aromatic rings. The highest BCUT2D eigenvalue weighted by Crippen LogP contribution is 2.27. The fourth-order valence-electron chi connectivity index (χ4n) is 1.85. The van der Waals surface area contributed by atoms with Crippen LogP contribution in [0.4, 0.5) is 17.6 Å². The Morgan fingerprint density at radius 2 is 1.84 bits per heavy atom. The molecule has 1 N–H and O–H groups in total. The van der Waals surface area contributed by atoms with Gasteiger partial charge in [-0.3, -0.25) is 0 Å². The van der Waals surface area contributed by atoms with E-state index in [0.717, 1.165) is 0 Å². The Hall–Kier alpha value is -0.810. The van der Waals surface area contributed by atoms with Crippen LogP contribution in [0.25, 0.3) is 0 Å². The van der Waals surface area contributed by atoms with Crippen molar-refractivity contribution >= 4 is 11.6 Å². The van der Waals surface area contributed by atoms with E-state index in [9.17, 15) is 22.7 Å². The lowest BCUT2D eigenvalue weighted by molar-refractivity contribution is -0.137. The van der Waals surface area contributed by atoms with E-state index in [2.05, 4.69) is 0 Å². The molecule has 0 aliphatic carbocycles. The number of aliphatic hydroxyl groups is 1. The first-order valence-electron chi connectivity index (χ1n) is 5.82. The van der Waals surface area contributed by atoms with E-state index < -0.39 is 24.0 Å².